The van der Waals surface area contributed by atoms with Gasteiger partial charge in [-0.25, -0.2) is 9.79 Å². The van der Waals surface area contributed by atoms with Crippen LogP contribution in [0.2, 0.25) is 0 Å². The third kappa shape index (κ3) is 4.17. The molecule has 1 aliphatic rings. The summed E-state index contributed by atoms with van der Waals surface area (Å²) in [7, 11) is 0. The highest BCUT2D eigenvalue weighted by Crippen LogP contribution is 2.39. The monoisotopic (exact) mass is 411 g/mol. The Morgan fingerprint density at radius 3 is 2.41 bits per heavy atom. The van der Waals surface area contributed by atoms with Gasteiger partial charge >= 0.3 is 5.97 Å². The molecule has 0 aromatic heterocycles. The first kappa shape index (κ1) is 20.6. The second-order valence-electron chi connectivity index (χ2n) is 6.26. The number of carbonyl (C=O) groups excluding carboxylic acids is 1. The number of benzene rings is 2. The molecule has 29 heavy (non-hydrogen) atoms. The number of allylic oxidation sites excluding steroid dienone is 1. The summed E-state index contributed by atoms with van der Waals surface area (Å²) < 4.78 is 5.31. The topological polar surface area (TPSA) is 85.0 Å². The van der Waals surface area contributed by atoms with E-state index in [2.05, 4.69) is 0 Å². The summed E-state index contributed by atoms with van der Waals surface area (Å²) in [6.45, 7) is 3.86. The third-order valence-corrected chi connectivity index (χ3v) is 5.19. The highest BCUT2D eigenvalue weighted by Gasteiger charge is 2.34. The second kappa shape index (κ2) is 8.91. The molecule has 0 unspecified atom stereocenters. The number of ether oxygens (including phenoxy) is 1. The fourth-order valence-electron chi connectivity index (χ4n) is 3.21. The maximum absolute atomic E-state index is 12.8. The normalized spacial score (nSPS) is 16.4. The Morgan fingerprint density at radius 2 is 1.86 bits per heavy atom. The highest BCUT2D eigenvalue weighted by atomic mass is 32.2. The zero-order valence-electron chi connectivity index (χ0n) is 16.4. The molecule has 0 radical (unpaired) electrons. The van der Waals surface area contributed by atoms with E-state index in [0.29, 0.717) is 11.1 Å². The molecule has 0 aliphatic carbocycles. The Balaban J connectivity index is 2.14. The van der Waals surface area contributed by atoms with Gasteiger partial charge in [-0.2, -0.15) is 0 Å². The van der Waals surface area contributed by atoms with Gasteiger partial charge in [0.2, 0.25) is 0 Å². The van der Waals surface area contributed by atoms with Gasteiger partial charge in [-0.05, 0) is 49.9 Å². The quantitative estimate of drug-likeness (QED) is 0.402. The molecule has 0 bridgehead atoms. The van der Waals surface area contributed by atoms with E-state index in [0.717, 1.165) is 16.6 Å². The fourth-order valence-corrected chi connectivity index (χ4v) is 3.84. The van der Waals surface area contributed by atoms with E-state index in [1.807, 2.05) is 48.4 Å². The maximum atomic E-state index is 12.8. The van der Waals surface area contributed by atoms with Crippen LogP contribution in [0, 0.1) is 10.1 Å². The van der Waals surface area contributed by atoms with Crippen molar-refractivity contribution in [3.8, 4) is 0 Å². The van der Waals surface area contributed by atoms with Gasteiger partial charge in [0, 0.05) is 23.5 Å². The molecule has 150 valence electrons. The lowest BCUT2D eigenvalue weighted by Gasteiger charge is -2.34. The van der Waals surface area contributed by atoms with Crippen molar-refractivity contribution >= 4 is 34.3 Å². The number of nitrogens with zero attached hydrogens (tertiary/aromatic N) is 3. The van der Waals surface area contributed by atoms with E-state index in [9.17, 15) is 14.9 Å². The van der Waals surface area contributed by atoms with Crippen molar-refractivity contribution < 1.29 is 14.5 Å². The van der Waals surface area contributed by atoms with Crippen molar-refractivity contribution in [3.05, 3.63) is 81.5 Å². The lowest BCUT2D eigenvalue weighted by atomic mass is 9.95. The van der Waals surface area contributed by atoms with Crippen molar-refractivity contribution in [1.29, 1.82) is 0 Å². The number of amidine groups is 1. The fraction of sp³-hybridized carbons (Fsp3) is 0.238. The number of nitro benzene ring substituents is 1. The van der Waals surface area contributed by atoms with Gasteiger partial charge in [0.05, 0.1) is 17.1 Å². The maximum Gasteiger partial charge on any atom is 0.338 e. The Labute approximate surface area is 173 Å². The van der Waals surface area contributed by atoms with E-state index in [1.54, 1.807) is 19.1 Å². The Hall–Kier alpha value is -3.13. The molecule has 0 amide bonds. The van der Waals surface area contributed by atoms with Crippen LogP contribution in [0.1, 0.15) is 25.5 Å². The van der Waals surface area contributed by atoms with E-state index in [4.69, 9.17) is 9.73 Å². The standard InChI is InChI=1S/C21H21N3O4S/c1-4-28-20(25)18-14(2)23(16-8-6-5-7-9-16)21(29-3)22-19(18)15-10-12-17(13-11-15)24(26)27/h5-13,19H,4H2,1-3H3/t19-/m1/s1. The predicted molar refractivity (Wildman–Crippen MR) is 115 cm³/mol. The number of non-ortho nitro benzene ring substituents is 1. The number of esters is 1. The largest absolute Gasteiger partial charge is 0.463 e. The van der Waals surface area contributed by atoms with Crippen LogP contribution in [0.25, 0.3) is 0 Å². The van der Waals surface area contributed by atoms with E-state index in [1.165, 1.54) is 23.9 Å². The molecule has 1 atom stereocenters. The Kier molecular flexibility index (Phi) is 6.33. The van der Waals surface area contributed by atoms with Gasteiger partial charge < -0.3 is 4.74 Å². The summed E-state index contributed by atoms with van der Waals surface area (Å²) in [6, 6.07) is 15.2. The number of rotatable bonds is 5. The van der Waals surface area contributed by atoms with Crippen LogP contribution >= 0.6 is 11.8 Å². The molecule has 2 aromatic rings. The lowest BCUT2D eigenvalue weighted by Crippen LogP contribution is -2.35. The molecule has 0 saturated heterocycles. The number of nitro groups is 1. The van der Waals surface area contributed by atoms with Gasteiger partial charge in [-0.3, -0.25) is 15.0 Å². The minimum atomic E-state index is -0.600. The van der Waals surface area contributed by atoms with Crippen LogP contribution in [0.15, 0.2) is 70.9 Å². The van der Waals surface area contributed by atoms with Gasteiger partial charge in [0.25, 0.3) is 5.69 Å². The van der Waals surface area contributed by atoms with Crippen molar-refractivity contribution in [2.75, 3.05) is 17.8 Å². The summed E-state index contributed by atoms with van der Waals surface area (Å²) in [5.41, 5.74) is 2.71. The molecule has 2 aromatic carbocycles. The van der Waals surface area contributed by atoms with Crippen LogP contribution in [0.5, 0.6) is 0 Å². The molecular weight excluding hydrogens is 390 g/mol. The zero-order valence-corrected chi connectivity index (χ0v) is 17.2. The molecule has 1 aliphatic heterocycles. The number of hydrogen-bond donors (Lipinski definition) is 0. The van der Waals surface area contributed by atoms with Crippen LogP contribution in [-0.4, -0.2) is 28.9 Å². The Morgan fingerprint density at radius 1 is 1.21 bits per heavy atom. The first-order valence-electron chi connectivity index (χ1n) is 9.07. The van der Waals surface area contributed by atoms with Crippen molar-refractivity contribution in [2.45, 2.75) is 19.9 Å². The van der Waals surface area contributed by atoms with Gasteiger partial charge in [0.1, 0.15) is 6.04 Å². The predicted octanol–water partition coefficient (Wildman–Crippen LogP) is 4.71. The second-order valence-corrected chi connectivity index (χ2v) is 7.03. The smallest absolute Gasteiger partial charge is 0.338 e. The van der Waals surface area contributed by atoms with E-state index >= 15 is 0 Å². The van der Waals surface area contributed by atoms with Gasteiger partial charge in [-0.1, -0.05) is 30.0 Å². The minimum absolute atomic E-state index is 0.0112. The minimum Gasteiger partial charge on any atom is -0.463 e. The summed E-state index contributed by atoms with van der Waals surface area (Å²) in [4.78, 5) is 30.1. The number of aliphatic imine (C=N–C) groups is 1. The molecule has 8 heteroatoms. The summed E-state index contributed by atoms with van der Waals surface area (Å²) >= 11 is 1.47. The zero-order chi connectivity index (χ0) is 21.0. The third-order valence-electron chi connectivity index (χ3n) is 4.54. The number of carbonyl (C=O) groups is 1. The molecule has 1 heterocycles. The average molecular weight is 411 g/mol. The molecule has 0 N–H and O–H groups in total. The first-order valence-corrected chi connectivity index (χ1v) is 10.3. The van der Waals surface area contributed by atoms with Crippen LogP contribution in [0.3, 0.4) is 0 Å². The first-order chi connectivity index (χ1) is 14.0. The van der Waals surface area contributed by atoms with Gasteiger partial charge in [0.15, 0.2) is 5.17 Å². The molecule has 7 nitrogen and oxygen atoms in total. The number of thioether (sulfide) groups is 1. The number of para-hydroxylation sites is 1. The summed E-state index contributed by atoms with van der Waals surface area (Å²) in [5, 5.41) is 11.7. The van der Waals surface area contributed by atoms with Crippen molar-refractivity contribution in [1.82, 2.24) is 0 Å². The van der Waals surface area contributed by atoms with Crippen molar-refractivity contribution in [2.24, 2.45) is 4.99 Å². The van der Waals surface area contributed by atoms with E-state index < -0.39 is 16.9 Å². The van der Waals surface area contributed by atoms with Crippen LogP contribution in [-0.2, 0) is 9.53 Å². The van der Waals surface area contributed by atoms with Gasteiger partial charge in [-0.15, -0.1) is 0 Å². The highest BCUT2D eigenvalue weighted by molar-refractivity contribution is 8.13. The molecular formula is C21H21N3O4S. The van der Waals surface area contributed by atoms with Crippen molar-refractivity contribution in [3.63, 3.8) is 0 Å². The SMILES string of the molecule is CCOC(=O)C1=C(C)N(c2ccccc2)C(SC)=N[C@@H]1c1ccc([N+](=O)[O-])cc1. The lowest BCUT2D eigenvalue weighted by molar-refractivity contribution is -0.384. The van der Waals surface area contributed by atoms with Crippen LogP contribution < -0.4 is 4.90 Å². The van der Waals surface area contributed by atoms with Crippen LogP contribution in [0.4, 0.5) is 11.4 Å². The summed E-state index contributed by atoms with van der Waals surface area (Å²) in [6.07, 6.45) is 1.92. The molecule has 3 rings (SSSR count). The Bertz CT molecular complexity index is 971. The number of hydrogen-bond acceptors (Lipinski definition) is 7. The molecule has 0 spiro atoms. The molecule has 0 fully saturated rings. The summed E-state index contributed by atoms with van der Waals surface area (Å²) in [5.74, 6) is -0.446. The average Bonchev–Trinajstić information content (AvgIpc) is 2.73. The number of anilines is 1. The molecule has 0 saturated carbocycles. The van der Waals surface area contributed by atoms with E-state index in [-0.39, 0.29) is 12.3 Å².